The van der Waals surface area contributed by atoms with Crippen LogP contribution in [0.4, 0.5) is 5.69 Å². The fourth-order valence-corrected chi connectivity index (χ4v) is 4.35. The minimum Gasteiger partial charge on any atom is -0.380 e. The summed E-state index contributed by atoms with van der Waals surface area (Å²) in [6, 6.07) is 17.5. The molecule has 3 aromatic rings. The van der Waals surface area contributed by atoms with E-state index in [1.165, 1.54) is 6.07 Å². The summed E-state index contributed by atoms with van der Waals surface area (Å²) < 4.78 is 1.64. The van der Waals surface area contributed by atoms with E-state index >= 15 is 0 Å². The molecule has 0 atom stereocenters. The molecule has 1 aliphatic heterocycles. The number of aromatic nitrogens is 2. The summed E-state index contributed by atoms with van der Waals surface area (Å²) in [6.45, 7) is 4.87. The van der Waals surface area contributed by atoms with Crippen molar-refractivity contribution in [3.63, 3.8) is 0 Å². The number of piperidine rings is 1. The molecule has 0 spiro atoms. The quantitative estimate of drug-likeness (QED) is 0.577. The number of likely N-dealkylation sites (tertiary alicyclic amines) is 1. The van der Waals surface area contributed by atoms with Gasteiger partial charge in [-0.05, 0) is 57.6 Å². The summed E-state index contributed by atoms with van der Waals surface area (Å²) in [7, 11) is 2.15. The maximum Gasteiger partial charge on any atom is 0.253 e. The third-order valence-electron chi connectivity index (χ3n) is 6.35. The zero-order chi connectivity index (χ0) is 22.5. The van der Waals surface area contributed by atoms with E-state index in [-0.39, 0.29) is 5.56 Å². The van der Waals surface area contributed by atoms with Crippen molar-refractivity contribution in [2.24, 2.45) is 0 Å². The fourth-order valence-electron chi connectivity index (χ4n) is 4.35. The van der Waals surface area contributed by atoms with E-state index in [9.17, 15) is 9.59 Å². The van der Waals surface area contributed by atoms with Crippen molar-refractivity contribution in [2.45, 2.75) is 38.8 Å². The summed E-state index contributed by atoms with van der Waals surface area (Å²) in [5, 5.41) is 3.24. The average Bonchev–Trinajstić information content (AvgIpc) is 2.82. The number of nitrogens with zero attached hydrogens (tertiary/aromatic N) is 3. The van der Waals surface area contributed by atoms with Gasteiger partial charge in [-0.1, -0.05) is 36.4 Å². The van der Waals surface area contributed by atoms with Crippen LogP contribution in [-0.4, -0.2) is 40.9 Å². The highest BCUT2D eigenvalue weighted by Gasteiger charge is 2.20. The number of hydrogen-bond acceptors (Lipinski definition) is 5. The Hall–Kier alpha value is -3.25. The second-order valence-corrected chi connectivity index (χ2v) is 8.57. The molecule has 2 aromatic heterocycles. The highest BCUT2D eigenvalue weighted by atomic mass is 16.1. The standard InChI is InChI=1S/C26H30N4O2/c1-19-23(18-31)25(27-16-20-7-4-3-5-8-20)15-26(32)30(19)17-22-9-6-10-24(28-22)21-11-13-29(2)14-12-21/h3-10,15,18,21,27H,11-14,16-17H2,1-2H3. The normalized spacial score (nSPS) is 14.9. The van der Waals surface area contributed by atoms with E-state index in [1.54, 1.807) is 4.57 Å². The van der Waals surface area contributed by atoms with Gasteiger partial charge in [-0.25, -0.2) is 0 Å². The van der Waals surface area contributed by atoms with E-state index < -0.39 is 0 Å². The van der Waals surface area contributed by atoms with Crippen molar-refractivity contribution in [1.29, 1.82) is 0 Å². The first-order chi connectivity index (χ1) is 15.5. The minimum absolute atomic E-state index is 0.143. The zero-order valence-electron chi connectivity index (χ0n) is 18.8. The Morgan fingerprint density at radius 1 is 1.09 bits per heavy atom. The van der Waals surface area contributed by atoms with Gasteiger partial charge in [0, 0.05) is 29.9 Å². The third-order valence-corrected chi connectivity index (χ3v) is 6.35. The smallest absolute Gasteiger partial charge is 0.253 e. The van der Waals surface area contributed by atoms with Crippen molar-refractivity contribution >= 4 is 12.0 Å². The Morgan fingerprint density at radius 2 is 1.84 bits per heavy atom. The Bertz CT molecular complexity index is 1130. The molecule has 1 fully saturated rings. The molecule has 0 aliphatic carbocycles. The average molecular weight is 431 g/mol. The van der Waals surface area contributed by atoms with Crippen LogP contribution in [-0.2, 0) is 13.1 Å². The Balaban J connectivity index is 1.56. The molecule has 1 saturated heterocycles. The SMILES string of the molecule is Cc1c(C=O)c(NCc2ccccc2)cc(=O)n1Cc1cccc(C2CCN(C)CC2)n1. The number of benzene rings is 1. The van der Waals surface area contributed by atoms with Gasteiger partial charge in [0.25, 0.3) is 5.56 Å². The molecule has 1 N–H and O–H groups in total. The highest BCUT2D eigenvalue weighted by Crippen LogP contribution is 2.26. The Labute approximate surface area is 188 Å². The van der Waals surface area contributed by atoms with Crippen molar-refractivity contribution in [2.75, 3.05) is 25.5 Å². The first-order valence-electron chi connectivity index (χ1n) is 11.2. The number of aldehydes is 1. The van der Waals surface area contributed by atoms with Crippen LogP contribution in [0.15, 0.2) is 59.4 Å². The molecule has 3 heterocycles. The number of carbonyl (C=O) groups is 1. The molecule has 4 rings (SSSR count). The maximum absolute atomic E-state index is 12.9. The van der Waals surface area contributed by atoms with Gasteiger partial charge in [0.05, 0.1) is 23.5 Å². The van der Waals surface area contributed by atoms with Crippen molar-refractivity contribution in [3.8, 4) is 0 Å². The van der Waals surface area contributed by atoms with Crippen molar-refractivity contribution in [3.05, 3.63) is 93.2 Å². The molecule has 0 radical (unpaired) electrons. The van der Waals surface area contributed by atoms with Gasteiger partial charge < -0.3 is 14.8 Å². The van der Waals surface area contributed by atoms with Gasteiger partial charge >= 0.3 is 0 Å². The van der Waals surface area contributed by atoms with Crippen LogP contribution >= 0.6 is 0 Å². The number of anilines is 1. The minimum atomic E-state index is -0.143. The lowest BCUT2D eigenvalue weighted by atomic mass is 9.93. The van der Waals surface area contributed by atoms with Gasteiger partial charge in [0.1, 0.15) is 0 Å². The number of nitrogens with one attached hydrogen (secondary N) is 1. The van der Waals surface area contributed by atoms with Crippen molar-refractivity contribution < 1.29 is 4.79 Å². The molecule has 0 bridgehead atoms. The topological polar surface area (TPSA) is 67.2 Å². The Morgan fingerprint density at radius 3 is 2.56 bits per heavy atom. The van der Waals surface area contributed by atoms with Crippen LogP contribution in [0.3, 0.4) is 0 Å². The number of rotatable bonds is 7. The van der Waals surface area contributed by atoms with E-state index in [0.29, 0.717) is 36.0 Å². The summed E-state index contributed by atoms with van der Waals surface area (Å²) in [5.74, 6) is 0.457. The largest absolute Gasteiger partial charge is 0.380 e. The molecular formula is C26H30N4O2. The molecule has 6 nitrogen and oxygen atoms in total. The molecule has 6 heteroatoms. The zero-order valence-corrected chi connectivity index (χ0v) is 18.8. The van der Waals surface area contributed by atoms with Crippen LogP contribution in [0.25, 0.3) is 0 Å². The van der Waals surface area contributed by atoms with Crippen LogP contribution in [0, 0.1) is 6.92 Å². The predicted octanol–water partition coefficient (Wildman–Crippen LogP) is 3.83. The van der Waals surface area contributed by atoms with Gasteiger partial charge in [-0.3, -0.25) is 14.6 Å². The fraction of sp³-hybridized carbons (Fsp3) is 0.346. The van der Waals surface area contributed by atoms with Crippen LogP contribution in [0.5, 0.6) is 0 Å². The second kappa shape index (κ2) is 9.92. The first-order valence-corrected chi connectivity index (χ1v) is 11.2. The van der Waals surface area contributed by atoms with Gasteiger partial charge in [-0.15, -0.1) is 0 Å². The van der Waals surface area contributed by atoms with E-state index in [4.69, 9.17) is 4.98 Å². The molecule has 1 aromatic carbocycles. The van der Waals surface area contributed by atoms with Crippen molar-refractivity contribution in [1.82, 2.24) is 14.5 Å². The predicted molar refractivity (Wildman–Crippen MR) is 127 cm³/mol. The molecule has 1 aliphatic rings. The van der Waals surface area contributed by atoms with E-state index in [2.05, 4.69) is 23.3 Å². The number of pyridine rings is 2. The molecular weight excluding hydrogens is 400 g/mol. The first kappa shape index (κ1) is 22.0. The summed E-state index contributed by atoms with van der Waals surface area (Å²) >= 11 is 0. The highest BCUT2D eigenvalue weighted by molar-refractivity contribution is 5.85. The molecule has 0 unspecified atom stereocenters. The lowest BCUT2D eigenvalue weighted by molar-refractivity contribution is 0.112. The van der Waals surface area contributed by atoms with Gasteiger partial charge in [-0.2, -0.15) is 0 Å². The summed E-state index contributed by atoms with van der Waals surface area (Å²) in [4.78, 5) is 32.0. The van der Waals surface area contributed by atoms with E-state index in [1.807, 2.05) is 49.4 Å². The summed E-state index contributed by atoms with van der Waals surface area (Å²) in [5.41, 5.74) is 4.60. The van der Waals surface area contributed by atoms with Crippen LogP contribution in [0.2, 0.25) is 0 Å². The van der Waals surface area contributed by atoms with Gasteiger partial charge in [0.15, 0.2) is 6.29 Å². The molecule has 0 amide bonds. The second-order valence-electron chi connectivity index (χ2n) is 8.57. The molecule has 166 valence electrons. The van der Waals surface area contributed by atoms with E-state index in [0.717, 1.165) is 49.2 Å². The number of carbonyl (C=O) groups excluding carboxylic acids is 1. The third kappa shape index (κ3) is 4.97. The lowest BCUT2D eigenvalue weighted by Crippen LogP contribution is -2.29. The van der Waals surface area contributed by atoms with Crippen LogP contribution < -0.4 is 10.9 Å². The molecule has 32 heavy (non-hydrogen) atoms. The summed E-state index contributed by atoms with van der Waals surface area (Å²) in [6.07, 6.45) is 3.02. The Kier molecular flexibility index (Phi) is 6.81. The lowest BCUT2D eigenvalue weighted by Gasteiger charge is -2.28. The maximum atomic E-state index is 12.9. The van der Waals surface area contributed by atoms with Gasteiger partial charge in [0.2, 0.25) is 0 Å². The molecule has 0 saturated carbocycles. The monoisotopic (exact) mass is 430 g/mol. The number of hydrogen-bond donors (Lipinski definition) is 1. The van der Waals surface area contributed by atoms with Crippen LogP contribution in [0.1, 0.15) is 51.8 Å².